The van der Waals surface area contributed by atoms with Crippen LogP contribution < -0.4 is 5.32 Å². The molecule has 0 spiro atoms. The summed E-state index contributed by atoms with van der Waals surface area (Å²) in [5.74, 6) is 1.57. The Morgan fingerprint density at radius 2 is 2.05 bits per heavy atom. The SMILES string of the molecule is CC1CN(C(=O)CC(C)C2CCCNC2)CC(C)S1. The molecule has 0 aromatic heterocycles. The fraction of sp³-hybridized carbons (Fsp3) is 0.933. The van der Waals surface area contributed by atoms with Crippen molar-refractivity contribution in [1.29, 1.82) is 0 Å². The quantitative estimate of drug-likeness (QED) is 0.863. The van der Waals surface area contributed by atoms with E-state index in [0.29, 0.717) is 28.2 Å². The van der Waals surface area contributed by atoms with Crippen LogP contribution in [0.25, 0.3) is 0 Å². The van der Waals surface area contributed by atoms with Crippen LogP contribution in [-0.2, 0) is 4.79 Å². The summed E-state index contributed by atoms with van der Waals surface area (Å²) in [6.45, 7) is 10.8. The predicted molar refractivity (Wildman–Crippen MR) is 82.5 cm³/mol. The van der Waals surface area contributed by atoms with Crippen LogP contribution in [0.5, 0.6) is 0 Å². The number of hydrogen-bond donors (Lipinski definition) is 1. The van der Waals surface area contributed by atoms with Gasteiger partial charge < -0.3 is 10.2 Å². The van der Waals surface area contributed by atoms with Gasteiger partial charge in [-0.2, -0.15) is 11.8 Å². The van der Waals surface area contributed by atoms with Gasteiger partial charge in [-0.25, -0.2) is 0 Å². The van der Waals surface area contributed by atoms with Crippen LogP contribution in [0.1, 0.15) is 40.0 Å². The first kappa shape index (κ1) is 15.2. The van der Waals surface area contributed by atoms with Gasteiger partial charge >= 0.3 is 0 Å². The van der Waals surface area contributed by atoms with Crippen molar-refractivity contribution >= 4 is 17.7 Å². The second-order valence-electron chi connectivity index (χ2n) is 6.34. The zero-order chi connectivity index (χ0) is 13.8. The average Bonchev–Trinajstić information content (AvgIpc) is 2.38. The molecule has 2 fully saturated rings. The van der Waals surface area contributed by atoms with E-state index in [0.717, 1.165) is 32.6 Å². The highest BCUT2D eigenvalue weighted by molar-refractivity contribution is 8.00. The van der Waals surface area contributed by atoms with Gasteiger partial charge in [-0.15, -0.1) is 0 Å². The Morgan fingerprint density at radius 1 is 1.37 bits per heavy atom. The highest BCUT2D eigenvalue weighted by atomic mass is 32.2. The predicted octanol–water partition coefficient (Wildman–Crippen LogP) is 2.36. The number of nitrogens with zero attached hydrogens (tertiary/aromatic N) is 1. The summed E-state index contributed by atoms with van der Waals surface area (Å²) in [5.41, 5.74) is 0. The largest absolute Gasteiger partial charge is 0.340 e. The van der Waals surface area contributed by atoms with Crippen LogP contribution in [0.2, 0.25) is 0 Å². The summed E-state index contributed by atoms with van der Waals surface area (Å²) < 4.78 is 0. The monoisotopic (exact) mass is 284 g/mol. The Morgan fingerprint density at radius 3 is 2.63 bits per heavy atom. The molecule has 110 valence electrons. The maximum absolute atomic E-state index is 12.4. The molecule has 2 rings (SSSR count). The van der Waals surface area contributed by atoms with Crippen LogP contribution in [0.4, 0.5) is 0 Å². The lowest BCUT2D eigenvalue weighted by atomic mass is 9.85. The van der Waals surface area contributed by atoms with Gasteiger partial charge in [0.05, 0.1) is 0 Å². The molecule has 2 heterocycles. The molecule has 2 aliphatic rings. The van der Waals surface area contributed by atoms with E-state index >= 15 is 0 Å². The van der Waals surface area contributed by atoms with Crippen molar-refractivity contribution in [3.63, 3.8) is 0 Å². The van der Waals surface area contributed by atoms with Crippen molar-refractivity contribution in [1.82, 2.24) is 10.2 Å². The van der Waals surface area contributed by atoms with Crippen molar-refractivity contribution < 1.29 is 4.79 Å². The number of hydrogen-bond acceptors (Lipinski definition) is 3. The molecule has 1 N–H and O–H groups in total. The van der Waals surface area contributed by atoms with Gasteiger partial charge in [0.15, 0.2) is 0 Å². The minimum atomic E-state index is 0.372. The molecular weight excluding hydrogens is 256 g/mol. The number of piperidine rings is 1. The van der Waals surface area contributed by atoms with Gasteiger partial charge in [-0.3, -0.25) is 4.79 Å². The Balaban J connectivity index is 1.82. The fourth-order valence-corrected chi connectivity index (χ4v) is 4.64. The van der Waals surface area contributed by atoms with Crippen LogP contribution in [0.15, 0.2) is 0 Å². The van der Waals surface area contributed by atoms with Gasteiger partial charge in [0.25, 0.3) is 0 Å². The molecule has 3 nitrogen and oxygen atoms in total. The van der Waals surface area contributed by atoms with Crippen molar-refractivity contribution in [2.24, 2.45) is 11.8 Å². The van der Waals surface area contributed by atoms with E-state index in [1.54, 1.807) is 0 Å². The topological polar surface area (TPSA) is 32.3 Å². The van der Waals surface area contributed by atoms with Crippen molar-refractivity contribution in [3.05, 3.63) is 0 Å². The minimum Gasteiger partial charge on any atom is -0.340 e. The molecule has 0 radical (unpaired) electrons. The molecule has 0 saturated carbocycles. The number of amides is 1. The molecule has 4 unspecified atom stereocenters. The first-order valence-corrected chi connectivity index (χ1v) is 8.64. The smallest absolute Gasteiger partial charge is 0.222 e. The van der Waals surface area contributed by atoms with Crippen LogP contribution in [-0.4, -0.2) is 47.5 Å². The number of nitrogens with one attached hydrogen (secondary N) is 1. The standard InChI is InChI=1S/C15H28N2OS/c1-11(14-5-4-6-16-8-14)7-15(18)17-9-12(2)19-13(3)10-17/h11-14,16H,4-10H2,1-3H3. The second kappa shape index (κ2) is 6.98. The third-order valence-corrected chi connectivity index (χ3v) is 5.64. The lowest BCUT2D eigenvalue weighted by molar-refractivity contribution is -0.132. The lowest BCUT2D eigenvalue weighted by Crippen LogP contribution is -2.45. The van der Waals surface area contributed by atoms with Crippen molar-refractivity contribution in [2.45, 2.75) is 50.5 Å². The molecule has 4 atom stereocenters. The zero-order valence-electron chi connectivity index (χ0n) is 12.5. The number of rotatable bonds is 3. The van der Waals surface area contributed by atoms with Crippen molar-refractivity contribution in [2.75, 3.05) is 26.2 Å². The van der Waals surface area contributed by atoms with Gasteiger partial charge in [0.2, 0.25) is 5.91 Å². The third kappa shape index (κ3) is 4.38. The summed E-state index contributed by atoms with van der Waals surface area (Å²) in [5, 5.41) is 4.62. The zero-order valence-corrected chi connectivity index (χ0v) is 13.3. The Hall–Kier alpha value is -0.220. The average molecular weight is 284 g/mol. The summed E-state index contributed by atoms with van der Waals surface area (Å²) >= 11 is 2.01. The normalized spacial score (nSPS) is 34.1. The van der Waals surface area contributed by atoms with Gasteiger partial charge in [0, 0.05) is 30.0 Å². The summed E-state index contributed by atoms with van der Waals surface area (Å²) in [6, 6.07) is 0. The molecule has 19 heavy (non-hydrogen) atoms. The highest BCUT2D eigenvalue weighted by Gasteiger charge is 2.28. The Bertz CT molecular complexity index is 295. The molecule has 4 heteroatoms. The molecule has 0 aromatic carbocycles. The van der Waals surface area contributed by atoms with Crippen LogP contribution >= 0.6 is 11.8 Å². The fourth-order valence-electron chi connectivity index (χ4n) is 3.32. The molecule has 0 aromatic rings. The van der Waals surface area contributed by atoms with E-state index in [1.165, 1.54) is 12.8 Å². The molecule has 0 bridgehead atoms. The maximum atomic E-state index is 12.4. The van der Waals surface area contributed by atoms with E-state index in [1.807, 2.05) is 11.8 Å². The highest BCUT2D eigenvalue weighted by Crippen LogP contribution is 2.27. The molecule has 2 aliphatic heterocycles. The number of carbonyl (C=O) groups is 1. The van der Waals surface area contributed by atoms with Crippen LogP contribution in [0.3, 0.4) is 0 Å². The first-order chi connectivity index (χ1) is 9.06. The summed E-state index contributed by atoms with van der Waals surface area (Å²) in [6.07, 6.45) is 3.28. The van der Waals surface area contributed by atoms with E-state index in [-0.39, 0.29) is 0 Å². The summed E-state index contributed by atoms with van der Waals surface area (Å²) in [4.78, 5) is 14.5. The molecule has 0 aliphatic carbocycles. The van der Waals surface area contributed by atoms with E-state index in [2.05, 4.69) is 31.0 Å². The van der Waals surface area contributed by atoms with E-state index in [9.17, 15) is 4.79 Å². The van der Waals surface area contributed by atoms with Crippen molar-refractivity contribution in [3.8, 4) is 0 Å². The Labute approximate surface area is 121 Å². The lowest BCUT2D eigenvalue weighted by Gasteiger charge is -2.36. The Kier molecular flexibility index (Phi) is 5.58. The number of carbonyl (C=O) groups excluding carboxylic acids is 1. The minimum absolute atomic E-state index is 0.372. The maximum Gasteiger partial charge on any atom is 0.222 e. The van der Waals surface area contributed by atoms with E-state index < -0.39 is 0 Å². The van der Waals surface area contributed by atoms with Gasteiger partial charge in [-0.1, -0.05) is 20.8 Å². The molecule has 2 saturated heterocycles. The first-order valence-electron chi connectivity index (χ1n) is 7.70. The summed E-state index contributed by atoms with van der Waals surface area (Å²) in [7, 11) is 0. The van der Waals surface area contributed by atoms with Gasteiger partial charge in [-0.05, 0) is 37.8 Å². The molecular formula is C15H28N2OS. The van der Waals surface area contributed by atoms with Crippen LogP contribution in [0, 0.1) is 11.8 Å². The van der Waals surface area contributed by atoms with E-state index in [4.69, 9.17) is 0 Å². The second-order valence-corrected chi connectivity index (χ2v) is 8.23. The number of thioether (sulfide) groups is 1. The third-order valence-electron chi connectivity index (χ3n) is 4.41. The van der Waals surface area contributed by atoms with Gasteiger partial charge in [0.1, 0.15) is 0 Å². The molecule has 1 amide bonds.